The highest BCUT2D eigenvalue weighted by atomic mass is 32.1. The lowest BCUT2D eigenvalue weighted by Crippen LogP contribution is -2.37. The maximum Gasteiger partial charge on any atom is 0.306 e. The summed E-state index contributed by atoms with van der Waals surface area (Å²) in [5.41, 5.74) is 0.488. The Hall–Kier alpha value is -1.39. The van der Waals surface area contributed by atoms with Gasteiger partial charge in [0.15, 0.2) is 0 Å². The molecule has 0 spiro atoms. The highest BCUT2D eigenvalue weighted by Gasteiger charge is 2.41. The molecule has 0 bridgehead atoms. The van der Waals surface area contributed by atoms with Gasteiger partial charge in [0.05, 0.1) is 13.0 Å². The monoisotopic (exact) mass is 290 g/mol. The Bertz CT molecular complexity index is 646. The summed E-state index contributed by atoms with van der Waals surface area (Å²) in [6, 6.07) is 8.24. The van der Waals surface area contributed by atoms with E-state index in [2.05, 4.69) is 19.1 Å². The van der Waals surface area contributed by atoms with Crippen LogP contribution in [0.25, 0.3) is 10.1 Å². The summed E-state index contributed by atoms with van der Waals surface area (Å²) >= 11 is 1.78. The minimum atomic E-state index is -0.790. The highest BCUT2D eigenvalue weighted by molar-refractivity contribution is 7.19. The number of hydrogen-bond donors (Lipinski definition) is 1. The maximum absolute atomic E-state index is 11.3. The van der Waals surface area contributed by atoms with E-state index in [1.165, 1.54) is 15.0 Å². The summed E-state index contributed by atoms with van der Waals surface area (Å²) < 4.78 is 7.27. The second kappa shape index (κ2) is 5.19. The van der Waals surface area contributed by atoms with E-state index in [9.17, 15) is 9.90 Å². The van der Waals surface area contributed by atoms with Crippen molar-refractivity contribution in [3.63, 3.8) is 0 Å². The first-order valence-corrected chi connectivity index (χ1v) is 7.84. The van der Waals surface area contributed by atoms with Crippen LogP contribution in [0.5, 0.6) is 0 Å². The van der Waals surface area contributed by atoms with Crippen molar-refractivity contribution in [2.45, 2.75) is 38.2 Å². The average molecular weight is 290 g/mol. The Balaban J connectivity index is 2.21. The zero-order valence-corrected chi connectivity index (χ0v) is 12.3. The van der Waals surface area contributed by atoms with Gasteiger partial charge in [-0.05, 0) is 17.9 Å². The Morgan fingerprint density at radius 2 is 2.25 bits per heavy atom. The first-order valence-electron chi connectivity index (χ1n) is 7.03. The van der Waals surface area contributed by atoms with Crippen LogP contribution in [-0.2, 0) is 21.6 Å². The van der Waals surface area contributed by atoms with Crippen LogP contribution in [0, 0.1) is 0 Å². The molecule has 3 nitrogen and oxygen atoms in total. The van der Waals surface area contributed by atoms with Crippen molar-refractivity contribution in [1.29, 1.82) is 0 Å². The lowest BCUT2D eigenvalue weighted by Gasteiger charge is -2.37. The molecular weight excluding hydrogens is 272 g/mol. The number of ether oxygens (including phenoxy) is 1. The third-order valence-electron chi connectivity index (χ3n) is 3.92. The molecule has 1 N–H and O–H groups in total. The topological polar surface area (TPSA) is 46.5 Å². The average Bonchev–Trinajstić information content (AvgIpc) is 2.78. The predicted octanol–water partition coefficient (Wildman–Crippen LogP) is 3.94. The second-order valence-corrected chi connectivity index (χ2v) is 6.45. The van der Waals surface area contributed by atoms with Gasteiger partial charge >= 0.3 is 5.97 Å². The molecule has 0 radical (unpaired) electrons. The van der Waals surface area contributed by atoms with Crippen molar-refractivity contribution < 1.29 is 14.6 Å². The number of carbonyl (C=O) groups is 1. The molecule has 1 aromatic carbocycles. The molecule has 1 atom stereocenters. The van der Waals surface area contributed by atoms with Gasteiger partial charge in [0.2, 0.25) is 0 Å². The van der Waals surface area contributed by atoms with Crippen LogP contribution in [0.3, 0.4) is 0 Å². The molecule has 1 aliphatic heterocycles. The molecule has 1 unspecified atom stereocenters. The zero-order valence-electron chi connectivity index (χ0n) is 11.5. The standard InChI is InChI=1S/C16H18O3S/c1-2-8-16(10-14(17)18)15-11-5-3-4-6-12(11)20-13(15)7-9-19-16/h3-6H,2,7-10H2,1H3,(H,17,18). The SMILES string of the molecule is CCCC1(CC(=O)O)OCCc2sc3ccccc3c21. The Labute approximate surface area is 122 Å². The largest absolute Gasteiger partial charge is 0.481 e. The van der Waals surface area contributed by atoms with Gasteiger partial charge in [0.25, 0.3) is 0 Å². The molecule has 2 aromatic rings. The number of rotatable bonds is 4. The first kappa shape index (κ1) is 13.6. The fourth-order valence-corrected chi connectivity index (χ4v) is 4.53. The molecule has 2 heterocycles. The molecule has 3 rings (SSSR count). The molecular formula is C16H18O3S. The van der Waals surface area contributed by atoms with Crippen molar-refractivity contribution >= 4 is 27.4 Å². The van der Waals surface area contributed by atoms with E-state index in [4.69, 9.17) is 4.74 Å². The molecule has 0 amide bonds. The zero-order chi connectivity index (χ0) is 14.2. The normalized spacial score (nSPS) is 21.9. The van der Waals surface area contributed by atoms with Gasteiger partial charge in [-0.25, -0.2) is 0 Å². The van der Waals surface area contributed by atoms with E-state index in [1.807, 2.05) is 12.1 Å². The van der Waals surface area contributed by atoms with Crippen molar-refractivity contribution in [2.24, 2.45) is 0 Å². The number of thiophene rings is 1. The molecule has 0 saturated carbocycles. The van der Waals surface area contributed by atoms with Gasteiger partial charge < -0.3 is 9.84 Å². The van der Waals surface area contributed by atoms with Crippen LogP contribution in [0.4, 0.5) is 0 Å². The molecule has 20 heavy (non-hydrogen) atoms. The molecule has 1 aromatic heterocycles. The van der Waals surface area contributed by atoms with Crippen LogP contribution >= 0.6 is 11.3 Å². The predicted molar refractivity (Wildman–Crippen MR) is 80.3 cm³/mol. The quantitative estimate of drug-likeness (QED) is 0.927. The summed E-state index contributed by atoms with van der Waals surface area (Å²) in [5.74, 6) is -0.790. The van der Waals surface area contributed by atoms with E-state index >= 15 is 0 Å². The van der Waals surface area contributed by atoms with E-state index in [-0.39, 0.29) is 6.42 Å². The van der Waals surface area contributed by atoms with Gasteiger partial charge in [-0.15, -0.1) is 11.3 Å². The fraction of sp³-hybridized carbons (Fsp3) is 0.438. The minimum absolute atomic E-state index is 0.0502. The number of carboxylic acid groups (broad SMARTS) is 1. The van der Waals surface area contributed by atoms with Crippen LogP contribution < -0.4 is 0 Å². The maximum atomic E-state index is 11.3. The van der Waals surface area contributed by atoms with E-state index < -0.39 is 11.6 Å². The molecule has 1 aliphatic rings. The van der Waals surface area contributed by atoms with Gasteiger partial charge in [-0.3, -0.25) is 4.79 Å². The van der Waals surface area contributed by atoms with E-state index in [0.717, 1.165) is 24.8 Å². The Morgan fingerprint density at radius 3 is 3.00 bits per heavy atom. The van der Waals surface area contributed by atoms with Gasteiger partial charge in [-0.2, -0.15) is 0 Å². The third-order valence-corrected chi connectivity index (χ3v) is 5.15. The van der Waals surface area contributed by atoms with Gasteiger partial charge in [0, 0.05) is 21.6 Å². The highest BCUT2D eigenvalue weighted by Crippen LogP contribution is 2.47. The van der Waals surface area contributed by atoms with Crippen LogP contribution in [0.2, 0.25) is 0 Å². The number of benzene rings is 1. The van der Waals surface area contributed by atoms with Crippen LogP contribution in [-0.4, -0.2) is 17.7 Å². The van der Waals surface area contributed by atoms with Gasteiger partial charge in [-0.1, -0.05) is 31.5 Å². The first-order chi connectivity index (χ1) is 9.66. The minimum Gasteiger partial charge on any atom is -0.481 e. The summed E-state index contributed by atoms with van der Waals surface area (Å²) in [4.78, 5) is 12.6. The number of fused-ring (bicyclic) bond motifs is 3. The molecule has 0 saturated heterocycles. The van der Waals surface area contributed by atoms with E-state index in [0.29, 0.717) is 6.61 Å². The number of carboxylic acids is 1. The van der Waals surface area contributed by atoms with E-state index in [1.54, 1.807) is 11.3 Å². The van der Waals surface area contributed by atoms with Crippen LogP contribution in [0.1, 0.15) is 36.6 Å². The molecule has 4 heteroatoms. The van der Waals surface area contributed by atoms with Crippen LogP contribution in [0.15, 0.2) is 24.3 Å². The van der Waals surface area contributed by atoms with Crippen molar-refractivity contribution in [2.75, 3.05) is 6.61 Å². The Kier molecular flexibility index (Phi) is 3.52. The Morgan fingerprint density at radius 1 is 1.45 bits per heavy atom. The molecule has 0 fully saturated rings. The second-order valence-electron chi connectivity index (χ2n) is 5.31. The summed E-state index contributed by atoms with van der Waals surface area (Å²) in [7, 11) is 0. The summed E-state index contributed by atoms with van der Waals surface area (Å²) in [5, 5.41) is 10.5. The summed E-state index contributed by atoms with van der Waals surface area (Å²) in [6.07, 6.45) is 2.61. The van der Waals surface area contributed by atoms with Crippen molar-refractivity contribution in [3.05, 3.63) is 34.7 Å². The van der Waals surface area contributed by atoms with Gasteiger partial charge in [0.1, 0.15) is 5.60 Å². The smallest absolute Gasteiger partial charge is 0.306 e. The fourth-order valence-electron chi connectivity index (χ4n) is 3.26. The number of hydrogen-bond acceptors (Lipinski definition) is 3. The lowest BCUT2D eigenvalue weighted by molar-refractivity contribution is -0.148. The summed E-state index contributed by atoms with van der Waals surface area (Å²) in [6.45, 7) is 2.70. The van der Waals surface area contributed by atoms with Crippen molar-refractivity contribution in [1.82, 2.24) is 0 Å². The molecule has 106 valence electrons. The lowest BCUT2D eigenvalue weighted by atomic mass is 9.82. The molecule has 0 aliphatic carbocycles. The third kappa shape index (κ3) is 2.13. The van der Waals surface area contributed by atoms with Crippen molar-refractivity contribution in [3.8, 4) is 0 Å². The number of aliphatic carboxylic acids is 1.